The van der Waals surface area contributed by atoms with Crippen molar-refractivity contribution in [2.45, 2.75) is 40.7 Å². The van der Waals surface area contributed by atoms with Crippen molar-refractivity contribution in [2.24, 2.45) is 4.99 Å². The van der Waals surface area contributed by atoms with Crippen molar-refractivity contribution in [3.05, 3.63) is 52.6 Å². The lowest BCUT2D eigenvalue weighted by atomic mass is 10.1. The van der Waals surface area contributed by atoms with Crippen molar-refractivity contribution in [2.75, 3.05) is 26.2 Å². The average molecular weight is 403 g/mol. The zero-order chi connectivity index (χ0) is 21.2. The second kappa shape index (κ2) is 11.2. The third-order valence-corrected chi connectivity index (χ3v) is 4.38. The molecule has 0 bridgehead atoms. The summed E-state index contributed by atoms with van der Waals surface area (Å²) in [6.45, 7) is 10.9. The summed E-state index contributed by atoms with van der Waals surface area (Å²) < 4.78 is 15.6. The molecule has 2 rings (SSSR count). The number of nitrogens with zero attached hydrogens (tertiary/aromatic N) is 3. The van der Waals surface area contributed by atoms with Crippen LogP contribution < -0.4 is 16.0 Å². The summed E-state index contributed by atoms with van der Waals surface area (Å²) in [5.41, 5.74) is 3.02. The summed E-state index contributed by atoms with van der Waals surface area (Å²) in [5.74, 6) is 0.0341. The SMILES string of the molecule is CCNC(=NCCCn1nc(C)cc1C)NCCNC(=O)c1ccc(C)c(F)c1. The molecule has 29 heavy (non-hydrogen) atoms. The molecule has 1 aromatic carbocycles. The number of halogens is 1. The Kier molecular flexibility index (Phi) is 8.64. The van der Waals surface area contributed by atoms with Gasteiger partial charge in [0.15, 0.2) is 5.96 Å². The Morgan fingerprint density at radius 1 is 1.14 bits per heavy atom. The summed E-state index contributed by atoms with van der Waals surface area (Å²) >= 11 is 0. The highest BCUT2D eigenvalue weighted by atomic mass is 19.1. The minimum Gasteiger partial charge on any atom is -0.357 e. The van der Waals surface area contributed by atoms with E-state index in [4.69, 9.17) is 0 Å². The van der Waals surface area contributed by atoms with Crippen LogP contribution in [0.15, 0.2) is 29.3 Å². The molecule has 0 spiro atoms. The van der Waals surface area contributed by atoms with Crippen molar-refractivity contribution in [3.8, 4) is 0 Å². The fourth-order valence-electron chi connectivity index (χ4n) is 2.85. The first kappa shape index (κ1) is 22.4. The van der Waals surface area contributed by atoms with Crippen LogP contribution in [0.5, 0.6) is 0 Å². The molecule has 0 aliphatic rings. The Bertz CT molecular complexity index is 846. The number of aryl methyl sites for hydroxylation is 4. The summed E-state index contributed by atoms with van der Waals surface area (Å²) in [4.78, 5) is 16.6. The van der Waals surface area contributed by atoms with Gasteiger partial charge < -0.3 is 16.0 Å². The molecule has 0 saturated carbocycles. The molecule has 0 aliphatic heterocycles. The number of amides is 1. The van der Waals surface area contributed by atoms with Gasteiger partial charge in [0.05, 0.1) is 5.69 Å². The molecule has 0 radical (unpaired) electrons. The molecule has 3 N–H and O–H groups in total. The predicted octanol–water partition coefficient (Wildman–Crippen LogP) is 2.32. The topological polar surface area (TPSA) is 83.3 Å². The van der Waals surface area contributed by atoms with Gasteiger partial charge in [-0.05, 0) is 57.9 Å². The molecule has 1 aromatic heterocycles. The van der Waals surface area contributed by atoms with E-state index in [0.717, 1.165) is 30.9 Å². The third kappa shape index (κ3) is 7.21. The van der Waals surface area contributed by atoms with Gasteiger partial charge >= 0.3 is 0 Å². The highest BCUT2D eigenvalue weighted by molar-refractivity contribution is 5.94. The van der Waals surface area contributed by atoms with E-state index in [1.54, 1.807) is 19.1 Å². The van der Waals surface area contributed by atoms with E-state index >= 15 is 0 Å². The van der Waals surface area contributed by atoms with Gasteiger partial charge in [-0.2, -0.15) is 5.10 Å². The van der Waals surface area contributed by atoms with Crippen molar-refractivity contribution < 1.29 is 9.18 Å². The van der Waals surface area contributed by atoms with Crippen LogP contribution in [0, 0.1) is 26.6 Å². The molecule has 0 atom stereocenters. The Hall–Kier alpha value is -2.90. The second-order valence-corrected chi connectivity index (χ2v) is 6.91. The fraction of sp³-hybridized carbons (Fsp3) is 0.476. The molecular formula is C21H31FN6O. The zero-order valence-corrected chi connectivity index (χ0v) is 17.7. The molecule has 1 heterocycles. The summed E-state index contributed by atoms with van der Waals surface area (Å²) in [5, 5.41) is 13.6. The number of hydrogen-bond acceptors (Lipinski definition) is 3. The molecule has 1 amide bonds. The van der Waals surface area contributed by atoms with Crippen LogP contribution in [-0.2, 0) is 6.54 Å². The first-order valence-corrected chi connectivity index (χ1v) is 9.98. The van der Waals surface area contributed by atoms with Crippen LogP contribution in [-0.4, -0.2) is 47.8 Å². The minimum atomic E-state index is -0.377. The van der Waals surface area contributed by atoms with Gasteiger partial charge in [0.1, 0.15) is 5.82 Å². The molecule has 158 valence electrons. The number of aliphatic imine (C=N–C) groups is 1. The molecule has 0 unspecified atom stereocenters. The Balaban J connectivity index is 1.73. The maximum atomic E-state index is 13.6. The van der Waals surface area contributed by atoms with Gasteiger partial charge in [-0.1, -0.05) is 6.07 Å². The first-order valence-electron chi connectivity index (χ1n) is 9.98. The van der Waals surface area contributed by atoms with Crippen molar-refractivity contribution >= 4 is 11.9 Å². The monoisotopic (exact) mass is 402 g/mol. The first-order chi connectivity index (χ1) is 13.9. The highest BCUT2D eigenvalue weighted by Crippen LogP contribution is 2.08. The summed E-state index contributed by atoms with van der Waals surface area (Å²) in [6, 6.07) is 6.54. The minimum absolute atomic E-state index is 0.294. The lowest BCUT2D eigenvalue weighted by molar-refractivity contribution is 0.0954. The summed E-state index contributed by atoms with van der Waals surface area (Å²) in [7, 11) is 0. The number of benzene rings is 1. The molecule has 8 heteroatoms. The maximum absolute atomic E-state index is 13.6. The number of carbonyl (C=O) groups excluding carboxylic acids is 1. The number of carbonyl (C=O) groups is 1. The fourth-order valence-corrected chi connectivity index (χ4v) is 2.85. The van der Waals surface area contributed by atoms with Gasteiger partial charge in [0.2, 0.25) is 0 Å². The predicted molar refractivity (Wildman–Crippen MR) is 114 cm³/mol. The van der Waals surface area contributed by atoms with E-state index < -0.39 is 0 Å². The van der Waals surface area contributed by atoms with Crippen LogP contribution in [0.2, 0.25) is 0 Å². The van der Waals surface area contributed by atoms with Crippen molar-refractivity contribution in [1.82, 2.24) is 25.7 Å². The molecule has 2 aromatic rings. The summed E-state index contributed by atoms with van der Waals surface area (Å²) in [6.07, 6.45) is 0.883. The average Bonchev–Trinajstić information content (AvgIpc) is 3.01. The second-order valence-electron chi connectivity index (χ2n) is 6.91. The van der Waals surface area contributed by atoms with Crippen LogP contribution in [0.25, 0.3) is 0 Å². The molecule has 0 fully saturated rings. The number of rotatable bonds is 9. The molecule has 0 aliphatic carbocycles. The lowest BCUT2D eigenvalue weighted by Gasteiger charge is -2.12. The normalized spacial score (nSPS) is 11.4. The van der Waals surface area contributed by atoms with Crippen molar-refractivity contribution in [1.29, 1.82) is 0 Å². The highest BCUT2D eigenvalue weighted by Gasteiger charge is 2.07. The maximum Gasteiger partial charge on any atom is 0.251 e. The van der Waals surface area contributed by atoms with Crippen LogP contribution in [0.4, 0.5) is 4.39 Å². The van der Waals surface area contributed by atoms with E-state index in [0.29, 0.717) is 36.7 Å². The Morgan fingerprint density at radius 3 is 2.55 bits per heavy atom. The number of hydrogen-bond donors (Lipinski definition) is 3. The standard InChI is InChI=1S/C21H31FN6O/c1-5-23-21(25-9-6-12-28-17(4)13-16(3)27-28)26-11-10-24-20(29)18-8-7-15(2)19(22)14-18/h7-8,13-14H,5-6,9-12H2,1-4H3,(H,24,29)(H2,23,25,26). The number of aromatic nitrogens is 2. The number of nitrogens with one attached hydrogen (secondary N) is 3. The Labute approximate surface area is 171 Å². The van der Waals surface area contributed by atoms with Gasteiger partial charge in [0, 0.05) is 44.0 Å². The van der Waals surface area contributed by atoms with E-state index in [1.165, 1.54) is 6.07 Å². The zero-order valence-electron chi connectivity index (χ0n) is 17.7. The third-order valence-electron chi connectivity index (χ3n) is 4.38. The largest absolute Gasteiger partial charge is 0.357 e. The van der Waals surface area contributed by atoms with Gasteiger partial charge in [-0.15, -0.1) is 0 Å². The van der Waals surface area contributed by atoms with Crippen LogP contribution in [0.1, 0.15) is 40.7 Å². The van der Waals surface area contributed by atoms with E-state index in [1.807, 2.05) is 25.5 Å². The quantitative estimate of drug-likeness (QED) is 0.342. The molecular weight excluding hydrogens is 371 g/mol. The van der Waals surface area contributed by atoms with Gasteiger partial charge in [0.25, 0.3) is 5.91 Å². The van der Waals surface area contributed by atoms with E-state index in [2.05, 4.69) is 32.1 Å². The molecule has 7 nitrogen and oxygen atoms in total. The smallest absolute Gasteiger partial charge is 0.251 e. The van der Waals surface area contributed by atoms with Crippen LogP contribution >= 0.6 is 0 Å². The van der Waals surface area contributed by atoms with Crippen LogP contribution in [0.3, 0.4) is 0 Å². The number of guanidine groups is 1. The van der Waals surface area contributed by atoms with E-state index in [9.17, 15) is 9.18 Å². The van der Waals surface area contributed by atoms with E-state index in [-0.39, 0.29) is 11.7 Å². The Morgan fingerprint density at radius 2 is 1.90 bits per heavy atom. The molecule has 0 saturated heterocycles. The van der Waals surface area contributed by atoms with Crippen molar-refractivity contribution in [3.63, 3.8) is 0 Å². The van der Waals surface area contributed by atoms with Gasteiger partial charge in [-0.3, -0.25) is 14.5 Å². The van der Waals surface area contributed by atoms with Gasteiger partial charge in [-0.25, -0.2) is 4.39 Å². The lowest BCUT2D eigenvalue weighted by Crippen LogP contribution is -2.41.